The van der Waals surface area contributed by atoms with Crippen molar-refractivity contribution in [3.05, 3.63) is 65.3 Å². The van der Waals surface area contributed by atoms with Crippen LogP contribution >= 0.6 is 35.6 Å². The van der Waals surface area contributed by atoms with Gasteiger partial charge in [-0.3, -0.25) is 4.99 Å². The van der Waals surface area contributed by atoms with E-state index in [1.54, 1.807) is 37.4 Å². The summed E-state index contributed by atoms with van der Waals surface area (Å²) in [5.74, 6) is 1.59. The quantitative estimate of drug-likeness (QED) is 0.252. The molecule has 1 N–H and O–H groups in total. The van der Waals surface area contributed by atoms with Crippen molar-refractivity contribution in [3.63, 3.8) is 0 Å². The molecule has 1 aromatic heterocycles. The second kappa shape index (κ2) is 12.5. The second-order valence-electron chi connectivity index (χ2n) is 6.44. The topological polar surface area (TPSA) is 75.8 Å². The van der Waals surface area contributed by atoms with Gasteiger partial charge in [-0.1, -0.05) is 28.9 Å². The molecule has 0 fully saturated rings. The maximum atomic E-state index is 13.6. The number of para-hydroxylation sites is 1. The number of halogens is 3. The number of nitrogens with one attached hydrogen (secondary N) is 1. The van der Waals surface area contributed by atoms with E-state index in [1.807, 2.05) is 24.1 Å². The first-order valence-electron chi connectivity index (χ1n) is 9.44. The minimum Gasteiger partial charge on any atom is -0.489 e. The van der Waals surface area contributed by atoms with Gasteiger partial charge in [-0.15, -0.1) is 24.0 Å². The highest BCUT2D eigenvalue weighted by Gasteiger charge is 2.10. The molecule has 166 valence electrons. The number of hydrogen-bond acceptors (Lipinski definition) is 5. The molecule has 3 rings (SSSR count). The Morgan fingerprint density at radius 1 is 1.23 bits per heavy atom. The normalized spacial score (nSPS) is 11.0. The highest BCUT2D eigenvalue weighted by atomic mass is 127. The van der Waals surface area contributed by atoms with Crippen LogP contribution in [0.25, 0.3) is 11.4 Å². The lowest BCUT2D eigenvalue weighted by Crippen LogP contribution is -2.41. The minimum atomic E-state index is -0.375. The molecule has 0 radical (unpaired) electrons. The smallest absolute Gasteiger partial charge is 0.228 e. The summed E-state index contributed by atoms with van der Waals surface area (Å²) in [5.41, 5.74) is 0.841. The molecule has 1 heterocycles. The Bertz CT molecular complexity index is 984. The highest BCUT2D eigenvalue weighted by molar-refractivity contribution is 14.0. The maximum Gasteiger partial charge on any atom is 0.228 e. The molecule has 0 aliphatic rings. The van der Waals surface area contributed by atoms with Gasteiger partial charge in [-0.25, -0.2) is 4.39 Å². The number of hydrogen-bond donors (Lipinski definition) is 1. The van der Waals surface area contributed by atoms with E-state index in [0.29, 0.717) is 48.8 Å². The highest BCUT2D eigenvalue weighted by Crippen LogP contribution is 2.18. The molecule has 2 aromatic carbocycles. The Labute approximate surface area is 202 Å². The number of aromatic nitrogens is 2. The Kier molecular flexibility index (Phi) is 9.99. The molecule has 0 saturated carbocycles. The largest absolute Gasteiger partial charge is 0.489 e. The lowest BCUT2D eigenvalue weighted by atomic mass is 10.2. The van der Waals surface area contributed by atoms with Gasteiger partial charge >= 0.3 is 0 Å². The van der Waals surface area contributed by atoms with Crippen LogP contribution in [0.15, 0.2) is 58.0 Å². The first kappa shape index (κ1) is 24.9. The van der Waals surface area contributed by atoms with E-state index >= 15 is 0 Å². The summed E-state index contributed by atoms with van der Waals surface area (Å²) in [6.07, 6.45) is 0.541. The first-order chi connectivity index (χ1) is 14.6. The van der Waals surface area contributed by atoms with Gasteiger partial charge in [0.15, 0.2) is 17.5 Å². The second-order valence-corrected chi connectivity index (χ2v) is 6.88. The van der Waals surface area contributed by atoms with E-state index in [4.69, 9.17) is 20.9 Å². The van der Waals surface area contributed by atoms with Crippen LogP contribution in [0.3, 0.4) is 0 Å². The molecule has 0 aliphatic carbocycles. The lowest BCUT2D eigenvalue weighted by Gasteiger charge is -2.22. The van der Waals surface area contributed by atoms with Crippen LogP contribution in [0, 0.1) is 5.82 Å². The maximum absolute atomic E-state index is 13.6. The summed E-state index contributed by atoms with van der Waals surface area (Å²) < 4.78 is 24.4. The molecule has 0 aliphatic heterocycles. The standard InChI is InChI=1S/C21H23ClFN5O2.HI/c1-24-21(28(2)13-14-29-18-6-4-3-5-17(18)23)25-12-11-19-26-20(27-30-19)15-7-9-16(22)10-8-15;/h3-10H,11-14H2,1-2H3,(H,24,25);1H. The average molecular weight is 560 g/mol. The number of benzene rings is 2. The van der Waals surface area contributed by atoms with Crippen LogP contribution in [-0.2, 0) is 6.42 Å². The molecule has 0 amide bonds. The fourth-order valence-corrected chi connectivity index (χ4v) is 2.82. The zero-order valence-electron chi connectivity index (χ0n) is 17.2. The number of rotatable bonds is 8. The molecule has 31 heavy (non-hydrogen) atoms. The molecule has 7 nitrogen and oxygen atoms in total. The fourth-order valence-electron chi connectivity index (χ4n) is 2.70. The van der Waals surface area contributed by atoms with E-state index < -0.39 is 0 Å². The van der Waals surface area contributed by atoms with E-state index in [1.165, 1.54) is 6.07 Å². The Morgan fingerprint density at radius 3 is 2.68 bits per heavy atom. The molecule has 0 spiro atoms. The van der Waals surface area contributed by atoms with E-state index in [2.05, 4.69) is 20.4 Å². The SMILES string of the molecule is CN=C(NCCc1nc(-c2ccc(Cl)cc2)no1)N(C)CCOc1ccccc1F.I. The third-order valence-corrected chi connectivity index (χ3v) is 4.54. The summed E-state index contributed by atoms with van der Waals surface area (Å²) in [6, 6.07) is 13.6. The van der Waals surface area contributed by atoms with Crippen molar-refractivity contribution in [2.45, 2.75) is 6.42 Å². The number of ether oxygens (including phenoxy) is 1. The fraction of sp³-hybridized carbons (Fsp3) is 0.286. The van der Waals surface area contributed by atoms with Crippen molar-refractivity contribution in [1.82, 2.24) is 20.4 Å². The number of aliphatic imine (C=N–C) groups is 1. The van der Waals surface area contributed by atoms with Crippen molar-refractivity contribution < 1.29 is 13.7 Å². The van der Waals surface area contributed by atoms with E-state index in [9.17, 15) is 4.39 Å². The zero-order chi connectivity index (χ0) is 21.3. The van der Waals surface area contributed by atoms with Crippen molar-refractivity contribution in [2.75, 3.05) is 33.8 Å². The van der Waals surface area contributed by atoms with Crippen LogP contribution in [0.4, 0.5) is 4.39 Å². The molecule has 0 atom stereocenters. The number of nitrogens with zero attached hydrogens (tertiary/aromatic N) is 4. The lowest BCUT2D eigenvalue weighted by molar-refractivity contribution is 0.270. The van der Waals surface area contributed by atoms with Crippen LogP contribution in [0.1, 0.15) is 5.89 Å². The summed E-state index contributed by atoms with van der Waals surface area (Å²) in [4.78, 5) is 10.5. The third kappa shape index (κ3) is 7.35. The Morgan fingerprint density at radius 2 is 1.97 bits per heavy atom. The molecular weight excluding hydrogens is 536 g/mol. The predicted octanol–water partition coefficient (Wildman–Crippen LogP) is 4.28. The van der Waals surface area contributed by atoms with Crippen LogP contribution in [0.2, 0.25) is 5.02 Å². The van der Waals surface area contributed by atoms with E-state index in [0.717, 1.165) is 5.56 Å². The minimum absolute atomic E-state index is 0. The van der Waals surface area contributed by atoms with Crippen LogP contribution < -0.4 is 10.1 Å². The molecule has 0 unspecified atom stereocenters. The molecule has 3 aromatic rings. The van der Waals surface area contributed by atoms with Crippen molar-refractivity contribution in [1.29, 1.82) is 0 Å². The van der Waals surface area contributed by atoms with Gasteiger partial charge in [0.05, 0.1) is 6.54 Å². The zero-order valence-corrected chi connectivity index (χ0v) is 20.3. The van der Waals surface area contributed by atoms with Crippen molar-refractivity contribution >= 4 is 41.5 Å². The van der Waals surface area contributed by atoms with Gasteiger partial charge in [-0.2, -0.15) is 4.98 Å². The van der Waals surface area contributed by atoms with Gasteiger partial charge in [0.25, 0.3) is 0 Å². The summed E-state index contributed by atoms with van der Waals surface area (Å²) in [7, 11) is 3.58. The Hall–Kier alpha value is -2.40. The van der Waals surface area contributed by atoms with Gasteiger partial charge in [-0.05, 0) is 36.4 Å². The molecule has 10 heteroatoms. The third-order valence-electron chi connectivity index (χ3n) is 4.29. The summed E-state index contributed by atoms with van der Waals surface area (Å²) in [5, 5.41) is 7.89. The van der Waals surface area contributed by atoms with Crippen LogP contribution in [-0.4, -0.2) is 54.8 Å². The van der Waals surface area contributed by atoms with Crippen molar-refractivity contribution in [3.8, 4) is 17.1 Å². The summed E-state index contributed by atoms with van der Waals surface area (Å²) >= 11 is 5.90. The van der Waals surface area contributed by atoms with Gasteiger partial charge in [0, 0.05) is 37.6 Å². The van der Waals surface area contributed by atoms with Gasteiger partial charge in [0.2, 0.25) is 11.7 Å². The summed E-state index contributed by atoms with van der Waals surface area (Å²) in [6.45, 7) is 1.43. The predicted molar refractivity (Wildman–Crippen MR) is 130 cm³/mol. The number of guanidine groups is 1. The number of likely N-dealkylation sites (N-methyl/N-ethyl adjacent to an activating group) is 1. The van der Waals surface area contributed by atoms with Crippen molar-refractivity contribution in [2.24, 2.45) is 4.99 Å². The van der Waals surface area contributed by atoms with Gasteiger partial charge < -0.3 is 19.5 Å². The van der Waals surface area contributed by atoms with Crippen LogP contribution in [0.5, 0.6) is 5.75 Å². The molecular formula is C21H24ClFIN5O2. The Balaban J connectivity index is 0.00000341. The van der Waals surface area contributed by atoms with Gasteiger partial charge in [0.1, 0.15) is 6.61 Å². The first-order valence-corrected chi connectivity index (χ1v) is 9.82. The average Bonchev–Trinajstić information content (AvgIpc) is 3.22. The molecule has 0 bridgehead atoms. The molecule has 0 saturated heterocycles. The monoisotopic (exact) mass is 559 g/mol. The van der Waals surface area contributed by atoms with E-state index in [-0.39, 0.29) is 35.5 Å².